The molecular weight excluding hydrogens is 256 g/mol. The van der Waals surface area contributed by atoms with Crippen molar-refractivity contribution in [3.8, 4) is 16.9 Å². The number of ether oxygens (including phenoxy) is 1. The zero-order valence-corrected chi connectivity index (χ0v) is 11.9. The number of rotatable bonds is 5. The van der Waals surface area contributed by atoms with Crippen LogP contribution in [0.3, 0.4) is 0 Å². The first-order valence-corrected chi connectivity index (χ1v) is 7.29. The van der Waals surface area contributed by atoms with Gasteiger partial charge in [-0.05, 0) is 24.8 Å². The van der Waals surface area contributed by atoms with E-state index in [2.05, 4.69) is 0 Å². The Morgan fingerprint density at radius 1 is 1.11 bits per heavy atom. The normalized spacial score (nSPS) is 10.2. The Hall–Kier alpha value is -1.74. The van der Waals surface area contributed by atoms with Crippen molar-refractivity contribution < 1.29 is 9.53 Å². The zero-order valence-electron chi connectivity index (χ0n) is 11.1. The van der Waals surface area contributed by atoms with Crippen LogP contribution in [0.1, 0.15) is 6.92 Å². The molecule has 0 amide bonds. The number of ketones is 1. The third kappa shape index (κ3) is 3.38. The highest BCUT2D eigenvalue weighted by molar-refractivity contribution is 7.98. The highest BCUT2D eigenvalue weighted by Crippen LogP contribution is 2.37. The molecule has 0 bridgehead atoms. The van der Waals surface area contributed by atoms with Crippen LogP contribution in [0.2, 0.25) is 0 Å². The summed E-state index contributed by atoms with van der Waals surface area (Å²) in [6, 6.07) is 16.1. The molecule has 0 heterocycles. The number of carbonyl (C=O) groups is 1. The van der Waals surface area contributed by atoms with Gasteiger partial charge in [0, 0.05) is 10.5 Å². The molecule has 2 nitrogen and oxygen atoms in total. The topological polar surface area (TPSA) is 26.3 Å². The van der Waals surface area contributed by atoms with Crippen molar-refractivity contribution in [2.45, 2.75) is 11.8 Å². The number of benzene rings is 2. The number of hydrogen-bond acceptors (Lipinski definition) is 3. The molecule has 0 N–H and O–H groups in total. The molecule has 0 unspecified atom stereocenters. The molecule has 2 rings (SSSR count). The van der Waals surface area contributed by atoms with Gasteiger partial charge in [0.15, 0.2) is 5.78 Å². The third-order valence-corrected chi connectivity index (χ3v) is 3.46. The van der Waals surface area contributed by atoms with Gasteiger partial charge in [0.2, 0.25) is 0 Å². The van der Waals surface area contributed by atoms with E-state index >= 15 is 0 Å². The molecule has 2 aromatic carbocycles. The van der Waals surface area contributed by atoms with E-state index in [1.807, 2.05) is 54.8 Å². The van der Waals surface area contributed by atoms with Crippen molar-refractivity contribution >= 4 is 17.5 Å². The van der Waals surface area contributed by atoms with Gasteiger partial charge >= 0.3 is 0 Å². The van der Waals surface area contributed by atoms with Crippen LogP contribution >= 0.6 is 11.8 Å². The van der Waals surface area contributed by atoms with Gasteiger partial charge in [0.05, 0.1) is 0 Å². The molecule has 19 heavy (non-hydrogen) atoms. The molecule has 0 aromatic heterocycles. The van der Waals surface area contributed by atoms with Crippen LogP contribution < -0.4 is 4.74 Å². The largest absolute Gasteiger partial charge is 0.484 e. The third-order valence-electron chi connectivity index (χ3n) is 2.70. The molecule has 0 radical (unpaired) electrons. The fourth-order valence-electron chi connectivity index (χ4n) is 1.84. The molecule has 0 fully saturated rings. The second-order valence-electron chi connectivity index (χ2n) is 4.19. The van der Waals surface area contributed by atoms with Crippen LogP contribution in [-0.4, -0.2) is 18.6 Å². The van der Waals surface area contributed by atoms with Gasteiger partial charge in [-0.3, -0.25) is 4.79 Å². The van der Waals surface area contributed by atoms with Gasteiger partial charge in [-0.1, -0.05) is 42.5 Å². The highest BCUT2D eigenvalue weighted by Gasteiger charge is 2.11. The van der Waals surface area contributed by atoms with E-state index in [1.165, 1.54) is 6.92 Å². The smallest absolute Gasteiger partial charge is 0.167 e. The molecule has 0 spiro atoms. The number of Topliss-reactive ketones (excluding diaryl/α,β-unsaturated/α-hetero) is 1. The SMILES string of the molecule is CSc1cccc(-c2ccccc2)c1OCC(C)=O. The summed E-state index contributed by atoms with van der Waals surface area (Å²) in [5, 5.41) is 0. The van der Waals surface area contributed by atoms with Crippen molar-refractivity contribution in [2.24, 2.45) is 0 Å². The first-order chi connectivity index (χ1) is 9.22. The van der Waals surface area contributed by atoms with E-state index in [9.17, 15) is 4.79 Å². The molecule has 0 aliphatic heterocycles. The Balaban J connectivity index is 2.45. The predicted octanol–water partition coefficient (Wildman–Crippen LogP) is 4.04. The van der Waals surface area contributed by atoms with E-state index in [0.717, 1.165) is 21.8 Å². The standard InChI is InChI=1S/C16H16O2S/c1-12(17)11-18-16-14(9-6-10-15(16)19-2)13-7-4-3-5-8-13/h3-10H,11H2,1-2H3. The minimum Gasteiger partial charge on any atom is -0.484 e. The average molecular weight is 272 g/mol. The van der Waals surface area contributed by atoms with Gasteiger partial charge in [0.1, 0.15) is 12.4 Å². The highest BCUT2D eigenvalue weighted by atomic mass is 32.2. The Morgan fingerprint density at radius 2 is 1.84 bits per heavy atom. The molecule has 0 saturated carbocycles. The maximum absolute atomic E-state index is 11.1. The van der Waals surface area contributed by atoms with Crippen molar-refractivity contribution in [3.63, 3.8) is 0 Å². The number of thioether (sulfide) groups is 1. The summed E-state index contributed by atoms with van der Waals surface area (Å²) in [6.45, 7) is 1.64. The molecule has 98 valence electrons. The molecular formula is C16H16O2S. The number of para-hydroxylation sites is 1. The minimum absolute atomic E-state index is 0.0231. The van der Waals surface area contributed by atoms with Crippen LogP contribution in [0.15, 0.2) is 53.4 Å². The molecule has 0 atom stereocenters. The van der Waals surface area contributed by atoms with Crippen molar-refractivity contribution in [1.29, 1.82) is 0 Å². The molecule has 0 aliphatic carbocycles. The zero-order chi connectivity index (χ0) is 13.7. The van der Waals surface area contributed by atoms with Crippen molar-refractivity contribution in [1.82, 2.24) is 0 Å². The summed E-state index contributed by atoms with van der Waals surface area (Å²) in [6.07, 6.45) is 2.00. The summed E-state index contributed by atoms with van der Waals surface area (Å²) < 4.78 is 5.70. The number of carbonyl (C=O) groups excluding carboxylic acids is 1. The lowest BCUT2D eigenvalue weighted by Crippen LogP contribution is -2.08. The predicted molar refractivity (Wildman–Crippen MR) is 79.8 cm³/mol. The van der Waals surface area contributed by atoms with Crippen molar-refractivity contribution in [2.75, 3.05) is 12.9 Å². The summed E-state index contributed by atoms with van der Waals surface area (Å²) in [5.41, 5.74) is 2.12. The monoisotopic (exact) mass is 272 g/mol. The quantitative estimate of drug-likeness (QED) is 0.768. The Morgan fingerprint density at radius 3 is 2.47 bits per heavy atom. The molecule has 0 saturated heterocycles. The average Bonchev–Trinajstić information content (AvgIpc) is 2.45. The van der Waals surface area contributed by atoms with Crippen LogP contribution in [0, 0.1) is 0 Å². The second-order valence-corrected chi connectivity index (χ2v) is 5.04. The second kappa shape index (κ2) is 6.43. The van der Waals surface area contributed by atoms with E-state index in [0.29, 0.717) is 0 Å². The summed E-state index contributed by atoms with van der Waals surface area (Å²) >= 11 is 1.62. The van der Waals surface area contributed by atoms with Crippen LogP contribution in [0.25, 0.3) is 11.1 Å². The lowest BCUT2D eigenvalue weighted by Gasteiger charge is -2.14. The van der Waals surface area contributed by atoms with E-state index in [4.69, 9.17) is 4.74 Å². The summed E-state index contributed by atoms with van der Waals surface area (Å²) in [7, 11) is 0. The molecule has 2 aromatic rings. The lowest BCUT2D eigenvalue weighted by atomic mass is 10.0. The van der Waals surface area contributed by atoms with Gasteiger partial charge in [-0.2, -0.15) is 0 Å². The fourth-order valence-corrected chi connectivity index (χ4v) is 2.41. The van der Waals surface area contributed by atoms with Crippen LogP contribution in [-0.2, 0) is 4.79 Å². The number of hydrogen-bond donors (Lipinski definition) is 0. The van der Waals surface area contributed by atoms with Gasteiger partial charge in [-0.15, -0.1) is 11.8 Å². The van der Waals surface area contributed by atoms with Crippen LogP contribution in [0.4, 0.5) is 0 Å². The van der Waals surface area contributed by atoms with Gasteiger partial charge < -0.3 is 4.74 Å². The minimum atomic E-state index is 0.0231. The maximum atomic E-state index is 11.1. The van der Waals surface area contributed by atoms with Crippen molar-refractivity contribution in [3.05, 3.63) is 48.5 Å². The molecule has 3 heteroatoms. The lowest BCUT2D eigenvalue weighted by molar-refractivity contribution is -0.118. The maximum Gasteiger partial charge on any atom is 0.167 e. The summed E-state index contributed by atoms with van der Waals surface area (Å²) in [4.78, 5) is 12.2. The van der Waals surface area contributed by atoms with Gasteiger partial charge in [-0.25, -0.2) is 0 Å². The Bertz CT molecular complexity index is 564. The molecule has 0 aliphatic rings. The first kappa shape index (κ1) is 13.7. The van der Waals surface area contributed by atoms with Crippen LogP contribution in [0.5, 0.6) is 5.75 Å². The van der Waals surface area contributed by atoms with E-state index in [1.54, 1.807) is 11.8 Å². The first-order valence-electron chi connectivity index (χ1n) is 6.07. The Labute approximate surface area is 117 Å². The van der Waals surface area contributed by atoms with E-state index < -0.39 is 0 Å². The summed E-state index contributed by atoms with van der Waals surface area (Å²) in [5.74, 6) is 0.811. The van der Waals surface area contributed by atoms with Gasteiger partial charge in [0.25, 0.3) is 0 Å². The Kier molecular flexibility index (Phi) is 4.63. The fraction of sp³-hybridized carbons (Fsp3) is 0.188. The van der Waals surface area contributed by atoms with E-state index in [-0.39, 0.29) is 12.4 Å².